The lowest BCUT2D eigenvalue weighted by Gasteiger charge is -2.12. The largest absolute Gasteiger partial charge is 0.226 e. The fourth-order valence-electron chi connectivity index (χ4n) is 0.479. The molecule has 0 aromatic carbocycles. The molecule has 0 unspecified atom stereocenters. The Morgan fingerprint density at radius 1 is 1.25 bits per heavy atom. The Bertz CT molecular complexity index is 297. The van der Waals surface area contributed by atoms with Crippen molar-refractivity contribution < 1.29 is 8.42 Å². The third kappa shape index (κ3) is 3.18. The Morgan fingerprint density at radius 2 is 1.67 bits per heavy atom. The summed E-state index contributed by atoms with van der Waals surface area (Å²) in [5.74, 6) is 0. The van der Waals surface area contributed by atoms with Crippen molar-refractivity contribution in [1.82, 2.24) is 4.31 Å². The molecular weight excluding hydrogens is 246 g/mol. The molecule has 5 nitrogen and oxygen atoms in total. The fraction of sp³-hybridized carbons (Fsp3) is 0.600. The van der Waals surface area contributed by atoms with Gasteiger partial charge in [-0.1, -0.05) is 15.9 Å². The van der Waals surface area contributed by atoms with Gasteiger partial charge in [0.25, 0.3) is 0 Å². The highest BCUT2D eigenvalue weighted by molar-refractivity contribution is 9.10. The van der Waals surface area contributed by atoms with Crippen LogP contribution < -0.4 is 0 Å². The molecule has 0 aliphatic heterocycles. The first-order chi connectivity index (χ1) is 5.58. The molecule has 0 bridgehead atoms. The molecule has 0 saturated heterocycles. The summed E-state index contributed by atoms with van der Waals surface area (Å²) in [6.45, 7) is -0.580. The summed E-state index contributed by atoms with van der Waals surface area (Å²) in [4.78, 5) is 0. The molecule has 0 aliphatic rings. The first-order valence-electron chi connectivity index (χ1n) is 2.86. The van der Waals surface area contributed by atoms with Gasteiger partial charge >= 0.3 is 0 Å². The number of hydrogen-bond acceptors (Lipinski definition) is 4. The van der Waals surface area contributed by atoms with Gasteiger partial charge in [-0.2, -0.15) is 14.8 Å². The number of nitrogens with zero attached hydrogens (tertiary/aromatic N) is 3. The summed E-state index contributed by atoms with van der Waals surface area (Å²) in [6, 6.07) is 3.34. The van der Waals surface area contributed by atoms with Crippen molar-refractivity contribution >= 4 is 26.0 Å². The molecule has 0 aliphatic carbocycles. The number of sulfonamides is 1. The van der Waals surface area contributed by atoms with Crippen LogP contribution in [0.4, 0.5) is 0 Å². The minimum Gasteiger partial charge on any atom is -0.211 e. The van der Waals surface area contributed by atoms with Crippen LogP contribution in [0.2, 0.25) is 0 Å². The third-order valence-corrected chi connectivity index (χ3v) is 4.08. The van der Waals surface area contributed by atoms with Gasteiger partial charge in [-0.3, -0.25) is 0 Å². The van der Waals surface area contributed by atoms with E-state index in [-0.39, 0.29) is 17.8 Å². The van der Waals surface area contributed by atoms with Crippen LogP contribution in [0.25, 0.3) is 0 Å². The van der Waals surface area contributed by atoms with E-state index in [2.05, 4.69) is 15.9 Å². The van der Waals surface area contributed by atoms with Crippen LogP contribution in [0.1, 0.15) is 0 Å². The topological polar surface area (TPSA) is 85.0 Å². The second-order valence-corrected chi connectivity index (χ2v) is 5.08. The van der Waals surface area contributed by atoms with E-state index in [0.29, 0.717) is 0 Å². The Balaban J connectivity index is 4.55. The molecule has 0 saturated carbocycles. The SMILES string of the molecule is N#CCN(CC#N)S(=O)(=O)CBr. The van der Waals surface area contributed by atoms with Gasteiger partial charge in [0.1, 0.15) is 17.8 Å². The summed E-state index contributed by atoms with van der Waals surface area (Å²) in [7, 11) is -3.48. The van der Waals surface area contributed by atoms with Crippen molar-refractivity contribution in [1.29, 1.82) is 10.5 Å². The smallest absolute Gasteiger partial charge is 0.211 e. The summed E-state index contributed by atoms with van der Waals surface area (Å²) in [5, 5.41) is 16.5. The van der Waals surface area contributed by atoms with Crippen LogP contribution in [0.5, 0.6) is 0 Å². The van der Waals surface area contributed by atoms with Gasteiger partial charge in [0.05, 0.1) is 12.1 Å². The third-order valence-electron chi connectivity index (χ3n) is 1.03. The van der Waals surface area contributed by atoms with Gasteiger partial charge < -0.3 is 0 Å². The number of hydrogen-bond donors (Lipinski definition) is 0. The molecule has 0 amide bonds. The molecular formula is C5H6BrN3O2S. The van der Waals surface area contributed by atoms with Crippen molar-refractivity contribution in [2.75, 3.05) is 17.8 Å². The Hall–Kier alpha value is -0.630. The van der Waals surface area contributed by atoms with Crippen LogP contribution in [-0.2, 0) is 10.0 Å². The number of rotatable bonds is 4. The lowest BCUT2D eigenvalue weighted by atomic mass is 10.6. The lowest BCUT2D eigenvalue weighted by molar-refractivity contribution is 0.484. The highest BCUT2D eigenvalue weighted by Crippen LogP contribution is 2.03. The first-order valence-corrected chi connectivity index (χ1v) is 5.59. The van der Waals surface area contributed by atoms with Gasteiger partial charge in [0, 0.05) is 0 Å². The molecule has 0 aromatic heterocycles. The van der Waals surface area contributed by atoms with Crippen molar-refractivity contribution in [3.05, 3.63) is 0 Å². The van der Waals surface area contributed by atoms with E-state index in [0.717, 1.165) is 4.31 Å². The quantitative estimate of drug-likeness (QED) is 0.521. The predicted octanol–water partition coefficient (Wildman–Crippen LogP) is 0.0178. The molecule has 0 N–H and O–H groups in total. The van der Waals surface area contributed by atoms with Crippen LogP contribution in [0.15, 0.2) is 0 Å². The fourth-order valence-corrected chi connectivity index (χ4v) is 1.99. The monoisotopic (exact) mass is 251 g/mol. The summed E-state index contributed by atoms with van der Waals surface area (Å²) < 4.78 is 22.6. The van der Waals surface area contributed by atoms with Crippen LogP contribution in [-0.4, -0.2) is 30.5 Å². The summed E-state index contributed by atoms with van der Waals surface area (Å²) >= 11 is 2.76. The summed E-state index contributed by atoms with van der Waals surface area (Å²) in [5.41, 5.74) is 0. The number of halogens is 1. The standard InChI is InChI=1S/C5H6BrN3O2S/c6-5-12(10,11)9(3-1-7)4-2-8/h3-5H2. The van der Waals surface area contributed by atoms with E-state index >= 15 is 0 Å². The second-order valence-electron chi connectivity index (χ2n) is 1.81. The minimum absolute atomic E-state index is 0.274. The molecule has 0 aromatic rings. The van der Waals surface area contributed by atoms with Gasteiger partial charge in [0.15, 0.2) is 0 Å². The predicted molar refractivity (Wildman–Crippen MR) is 45.5 cm³/mol. The highest BCUT2D eigenvalue weighted by atomic mass is 79.9. The molecule has 66 valence electrons. The van der Waals surface area contributed by atoms with E-state index in [1.807, 2.05) is 0 Å². The van der Waals surface area contributed by atoms with E-state index in [1.165, 1.54) is 0 Å². The second kappa shape index (κ2) is 5.09. The minimum atomic E-state index is -3.48. The van der Waals surface area contributed by atoms with Crippen molar-refractivity contribution in [3.8, 4) is 12.1 Å². The van der Waals surface area contributed by atoms with E-state index in [1.54, 1.807) is 12.1 Å². The van der Waals surface area contributed by atoms with Gasteiger partial charge in [-0.05, 0) is 0 Å². The van der Waals surface area contributed by atoms with Crippen LogP contribution in [0, 0.1) is 22.7 Å². The molecule has 7 heteroatoms. The first kappa shape index (κ1) is 11.4. The molecule has 0 heterocycles. The Morgan fingerprint density at radius 3 is 1.92 bits per heavy atom. The van der Waals surface area contributed by atoms with Crippen molar-refractivity contribution in [3.63, 3.8) is 0 Å². The summed E-state index contributed by atoms with van der Waals surface area (Å²) in [6.07, 6.45) is 0. The van der Waals surface area contributed by atoms with E-state index in [4.69, 9.17) is 10.5 Å². The average molecular weight is 252 g/mol. The van der Waals surface area contributed by atoms with Gasteiger partial charge in [-0.25, -0.2) is 8.42 Å². The zero-order valence-electron chi connectivity index (χ0n) is 6.07. The van der Waals surface area contributed by atoms with Crippen LogP contribution >= 0.6 is 15.9 Å². The molecule has 0 spiro atoms. The van der Waals surface area contributed by atoms with Gasteiger partial charge in [0.2, 0.25) is 10.0 Å². The van der Waals surface area contributed by atoms with E-state index in [9.17, 15) is 8.42 Å². The average Bonchev–Trinajstić information content (AvgIpc) is 2.04. The van der Waals surface area contributed by atoms with E-state index < -0.39 is 10.0 Å². The molecule has 0 radical (unpaired) electrons. The van der Waals surface area contributed by atoms with Crippen molar-refractivity contribution in [2.24, 2.45) is 0 Å². The maximum absolute atomic E-state index is 11.1. The van der Waals surface area contributed by atoms with Crippen LogP contribution in [0.3, 0.4) is 0 Å². The molecule has 0 atom stereocenters. The zero-order chi connectivity index (χ0) is 9.61. The van der Waals surface area contributed by atoms with Crippen molar-refractivity contribution in [2.45, 2.75) is 0 Å². The Labute approximate surface area is 79.4 Å². The Kier molecular flexibility index (Phi) is 4.83. The molecule has 0 rings (SSSR count). The number of nitriles is 2. The lowest BCUT2D eigenvalue weighted by Crippen LogP contribution is -2.32. The maximum Gasteiger partial charge on any atom is 0.226 e. The van der Waals surface area contributed by atoms with Gasteiger partial charge in [-0.15, -0.1) is 0 Å². The number of alkyl halides is 1. The zero-order valence-corrected chi connectivity index (χ0v) is 8.47. The normalized spacial score (nSPS) is 10.7. The maximum atomic E-state index is 11.1. The molecule has 0 fully saturated rings. The highest BCUT2D eigenvalue weighted by Gasteiger charge is 2.19. The molecule has 12 heavy (non-hydrogen) atoms.